The Kier molecular flexibility index (Phi) is 4.75. The van der Waals surface area contributed by atoms with Gasteiger partial charge in [-0.2, -0.15) is 11.8 Å². The molecule has 1 N–H and O–H groups in total. The molecule has 0 amide bonds. The average Bonchev–Trinajstić information content (AvgIpc) is 2.36. The van der Waals surface area contributed by atoms with E-state index in [-0.39, 0.29) is 6.10 Å². The van der Waals surface area contributed by atoms with Gasteiger partial charge in [0.25, 0.3) is 0 Å². The Morgan fingerprint density at radius 3 is 3.18 bits per heavy atom. The first-order chi connectivity index (χ1) is 8.33. The number of ether oxygens (including phenoxy) is 1. The molecule has 0 spiro atoms. The molecule has 3 heteroatoms. The van der Waals surface area contributed by atoms with Gasteiger partial charge in [-0.3, -0.25) is 0 Å². The zero-order valence-electron chi connectivity index (χ0n) is 10.3. The van der Waals surface area contributed by atoms with Gasteiger partial charge in [-0.1, -0.05) is 12.1 Å². The van der Waals surface area contributed by atoms with Crippen LogP contribution in [0.1, 0.15) is 36.5 Å². The number of aliphatic hydroxyl groups is 1. The van der Waals surface area contributed by atoms with Gasteiger partial charge in [0.15, 0.2) is 0 Å². The van der Waals surface area contributed by atoms with Crippen molar-refractivity contribution in [3.8, 4) is 5.75 Å². The van der Waals surface area contributed by atoms with Gasteiger partial charge >= 0.3 is 0 Å². The Bertz CT molecular complexity index is 365. The van der Waals surface area contributed by atoms with Crippen LogP contribution in [0.3, 0.4) is 0 Å². The fourth-order valence-electron chi connectivity index (χ4n) is 2.31. The van der Waals surface area contributed by atoms with E-state index in [9.17, 15) is 5.11 Å². The molecule has 0 radical (unpaired) electrons. The minimum atomic E-state index is -0.298. The monoisotopic (exact) mass is 252 g/mol. The van der Waals surface area contributed by atoms with Gasteiger partial charge in [0, 0.05) is 0 Å². The Balaban J connectivity index is 2.04. The minimum Gasteiger partial charge on any atom is -0.493 e. The highest BCUT2D eigenvalue weighted by Crippen LogP contribution is 2.35. The van der Waals surface area contributed by atoms with Crippen LogP contribution in [0.15, 0.2) is 18.2 Å². The molecule has 1 aromatic carbocycles. The summed E-state index contributed by atoms with van der Waals surface area (Å²) >= 11 is 1.85. The summed E-state index contributed by atoms with van der Waals surface area (Å²) in [5.74, 6) is 2.11. The summed E-state index contributed by atoms with van der Waals surface area (Å²) in [5.41, 5.74) is 2.29. The maximum atomic E-state index is 9.94. The largest absolute Gasteiger partial charge is 0.493 e. The van der Waals surface area contributed by atoms with E-state index in [1.165, 1.54) is 5.56 Å². The van der Waals surface area contributed by atoms with Crippen molar-refractivity contribution in [3.05, 3.63) is 29.3 Å². The molecule has 0 heterocycles. The van der Waals surface area contributed by atoms with E-state index in [0.717, 1.165) is 49.4 Å². The third-order valence-corrected chi connectivity index (χ3v) is 3.88. The molecular weight excluding hydrogens is 232 g/mol. The van der Waals surface area contributed by atoms with E-state index < -0.39 is 0 Å². The molecule has 2 nitrogen and oxygen atoms in total. The molecule has 1 aliphatic rings. The second-order valence-electron chi connectivity index (χ2n) is 4.43. The Labute approximate surface area is 107 Å². The Morgan fingerprint density at radius 1 is 1.47 bits per heavy atom. The highest BCUT2D eigenvalue weighted by molar-refractivity contribution is 7.98. The van der Waals surface area contributed by atoms with Crippen molar-refractivity contribution >= 4 is 11.8 Å². The van der Waals surface area contributed by atoms with Crippen LogP contribution < -0.4 is 4.74 Å². The number of fused-ring (bicyclic) bond motifs is 1. The van der Waals surface area contributed by atoms with Crippen molar-refractivity contribution in [1.29, 1.82) is 0 Å². The number of hydrogen-bond acceptors (Lipinski definition) is 3. The molecule has 0 saturated carbocycles. The first kappa shape index (κ1) is 12.8. The lowest BCUT2D eigenvalue weighted by Crippen LogP contribution is -2.11. The summed E-state index contributed by atoms with van der Waals surface area (Å²) < 4.78 is 5.83. The van der Waals surface area contributed by atoms with E-state index >= 15 is 0 Å². The summed E-state index contributed by atoms with van der Waals surface area (Å²) in [6.07, 6.45) is 5.86. The number of thioether (sulfide) groups is 1. The normalized spacial score (nSPS) is 18.8. The molecule has 1 unspecified atom stereocenters. The van der Waals surface area contributed by atoms with E-state index in [1.807, 2.05) is 30.0 Å². The summed E-state index contributed by atoms with van der Waals surface area (Å²) in [5, 5.41) is 9.94. The van der Waals surface area contributed by atoms with Crippen LogP contribution in [0, 0.1) is 0 Å². The van der Waals surface area contributed by atoms with Crippen LogP contribution >= 0.6 is 11.8 Å². The van der Waals surface area contributed by atoms with Crippen LogP contribution in [-0.4, -0.2) is 23.7 Å². The van der Waals surface area contributed by atoms with Crippen molar-refractivity contribution in [2.75, 3.05) is 18.6 Å². The Hall–Kier alpha value is -0.670. The maximum Gasteiger partial charge on any atom is 0.122 e. The summed E-state index contributed by atoms with van der Waals surface area (Å²) in [6, 6.07) is 6.03. The minimum absolute atomic E-state index is 0.298. The molecule has 2 rings (SSSR count). The molecular formula is C14H20O2S. The zero-order valence-corrected chi connectivity index (χ0v) is 11.1. The van der Waals surface area contributed by atoms with Gasteiger partial charge in [0.1, 0.15) is 5.75 Å². The second-order valence-corrected chi connectivity index (χ2v) is 5.41. The second kappa shape index (κ2) is 6.31. The number of rotatable bonds is 5. The van der Waals surface area contributed by atoms with Crippen LogP contribution in [0.25, 0.3) is 0 Å². The first-order valence-electron chi connectivity index (χ1n) is 6.24. The van der Waals surface area contributed by atoms with E-state index in [0.29, 0.717) is 0 Å². The van der Waals surface area contributed by atoms with Crippen molar-refractivity contribution in [3.63, 3.8) is 0 Å². The SMILES string of the molecule is CSCCCOc1cccc2c1CCCC2O. The summed E-state index contributed by atoms with van der Waals surface area (Å²) in [6.45, 7) is 0.771. The van der Waals surface area contributed by atoms with Gasteiger partial charge in [-0.05, 0) is 54.9 Å². The lowest BCUT2D eigenvalue weighted by Gasteiger charge is -2.23. The lowest BCUT2D eigenvalue weighted by molar-refractivity contribution is 0.155. The highest BCUT2D eigenvalue weighted by atomic mass is 32.2. The first-order valence-corrected chi connectivity index (χ1v) is 7.64. The molecule has 1 aliphatic carbocycles. The van der Waals surface area contributed by atoms with Crippen LogP contribution in [0.4, 0.5) is 0 Å². The Morgan fingerprint density at radius 2 is 2.35 bits per heavy atom. The molecule has 0 aromatic heterocycles. The zero-order chi connectivity index (χ0) is 12.1. The van der Waals surface area contributed by atoms with E-state index in [2.05, 4.69) is 6.26 Å². The number of benzene rings is 1. The van der Waals surface area contributed by atoms with Gasteiger partial charge in [0.05, 0.1) is 12.7 Å². The van der Waals surface area contributed by atoms with Crippen molar-refractivity contribution in [2.24, 2.45) is 0 Å². The van der Waals surface area contributed by atoms with E-state index in [4.69, 9.17) is 4.74 Å². The van der Waals surface area contributed by atoms with Gasteiger partial charge < -0.3 is 9.84 Å². The molecule has 0 fully saturated rings. The molecule has 1 atom stereocenters. The van der Waals surface area contributed by atoms with Gasteiger partial charge in [-0.25, -0.2) is 0 Å². The number of hydrogen-bond donors (Lipinski definition) is 1. The molecule has 94 valence electrons. The van der Waals surface area contributed by atoms with Crippen molar-refractivity contribution < 1.29 is 9.84 Å². The quantitative estimate of drug-likeness (QED) is 0.816. The third kappa shape index (κ3) is 3.17. The van der Waals surface area contributed by atoms with Crippen LogP contribution in [-0.2, 0) is 6.42 Å². The van der Waals surface area contributed by atoms with Gasteiger partial charge in [-0.15, -0.1) is 0 Å². The van der Waals surface area contributed by atoms with Crippen molar-refractivity contribution in [1.82, 2.24) is 0 Å². The topological polar surface area (TPSA) is 29.5 Å². The predicted molar refractivity (Wildman–Crippen MR) is 72.8 cm³/mol. The molecule has 0 saturated heterocycles. The van der Waals surface area contributed by atoms with Crippen molar-refractivity contribution in [2.45, 2.75) is 31.8 Å². The fraction of sp³-hybridized carbons (Fsp3) is 0.571. The predicted octanol–water partition coefficient (Wildman–Crippen LogP) is 3.19. The molecule has 17 heavy (non-hydrogen) atoms. The van der Waals surface area contributed by atoms with E-state index in [1.54, 1.807) is 0 Å². The molecule has 0 aliphatic heterocycles. The standard InChI is InChI=1S/C14H20O2S/c1-17-10-4-9-16-14-8-3-5-11-12(14)6-2-7-13(11)15/h3,5,8,13,15H,2,4,6-7,9-10H2,1H3. The smallest absolute Gasteiger partial charge is 0.122 e. The summed E-state index contributed by atoms with van der Waals surface area (Å²) in [4.78, 5) is 0. The highest BCUT2D eigenvalue weighted by Gasteiger charge is 2.20. The third-order valence-electron chi connectivity index (χ3n) is 3.18. The van der Waals surface area contributed by atoms with Gasteiger partial charge in [0.2, 0.25) is 0 Å². The molecule has 0 bridgehead atoms. The molecule has 1 aromatic rings. The number of aliphatic hydroxyl groups excluding tert-OH is 1. The van der Waals surface area contributed by atoms with Crippen LogP contribution in [0.5, 0.6) is 5.75 Å². The summed E-state index contributed by atoms with van der Waals surface area (Å²) in [7, 11) is 0. The maximum absolute atomic E-state index is 9.94. The average molecular weight is 252 g/mol. The van der Waals surface area contributed by atoms with Crippen LogP contribution in [0.2, 0.25) is 0 Å². The fourth-order valence-corrected chi connectivity index (χ4v) is 2.72. The lowest BCUT2D eigenvalue weighted by atomic mass is 9.89.